The summed E-state index contributed by atoms with van der Waals surface area (Å²) in [6, 6.07) is 0.308. The van der Waals surface area contributed by atoms with Crippen LogP contribution in [0.5, 0.6) is 0 Å². The number of unbranched alkanes of at least 4 members (excludes halogenated alkanes) is 1. The van der Waals surface area contributed by atoms with Crippen molar-refractivity contribution in [2.24, 2.45) is 0 Å². The second-order valence-corrected chi connectivity index (χ2v) is 4.53. The Morgan fingerprint density at radius 3 is 3.00 bits per heavy atom. The Hall–Kier alpha value is -0.570. The fourth-order valence-electron chi connectivity index (χ4n) is 2.08. The molecule has 0 aromatic heterocycles. The van der Waals surface area contributed by atoms with Crippen molar-refractivity contribution in [2.45, 2.75) is 70.4 Å². The van der Waals surface area contributed by atoms with Crippen LogP contribution in [0.1, 0.15) is 58.3 Å². The van der Waals surface area contributed by atoms with Gasteiger partial charge in [0.25, 0.3) is 0 Å². The first-order chi connectivity index (χ1) is 7.22. The number of aliphatic hydroxyl groups is 1. The molecular weight excluding hydrogens is 190 g/mol. The SMILES string of the molecule is CCCC[C@@H](O)CC[C@H]1CCCC(=O)N1. The van der Waals surface area contributed by atoms with Gasteiger partial charge in [0.05, 0.1) is 6.10 Å². The molecule has 1 heterocycles. The minimum Gasteiger partial charge on any atom is -0.393 e. The molecule has 0 aromatic carbocycles. The Morgan fingerprint density at radius 1 is 1.53 bits per heavy atom. The number of aliphatic hydroxyl groups excluding tert-OH is 1. The molecule has 1 saturated heterocycles. The molecule has 2 N–H and O–H groups in total. The molecule has 1 fully saturated rings. The second-order valence-electron chi connectivity index (χ2n) is 4.53. The highest BCUT2D eigenvalue weighted by Crippen LogP contribution is 2.15. The van der Waals surface area contributed by atoms with E-state index in [1.807, 2.05) is 0 Å². The van der Waals surface area contributed by atoms with E-state index in [1.54, 1.807) is 0 Å². The molecule has 3 nitrogen and oxygen atoms in total. The molecule has 1 aliphatic rings. The van der Waals surface area contributed by atoms with Crippen molar-refractivity contribution in [1.29, 1.82) is 0 Å². The van der Waals surface area contributed by atoms with Gasteiger partial charge in [0.1, 0.15) is 0 Å². The smallest absolute Gasteiger partial charge is 0.220 e. The minimum absolute atomic E-state index is 0.175. The molecule has 88 valence electrons. The molecule has 1 aliphatic heterocycles. The predicted octanol–water partition coefficient (Wildman–Crippen LogP) is 1.99. The molecule has 0 unspecified atom stereocenters. The first kappa shape index (κ1) is 12.5. The molecule has 0 spiro atoms. The van der Waals surface area contributed by atoms with E-state index in [-0.39, 0.29) is 12.0 Å². The lowest BCUT2D eigenvalue weighted by Crippen LogP contribution is -2.39. The first-order valence-corrected chi connectivity index (χ1v) is 6.19. The number of carbonyl (C=O) groups is 1. The van der Waals surface area contributed by atoms with E-state index >= 15 is 0 Å². The van der Waals surface area contributed by atoms with Crippen LogP contribution in [-0.2, 0) is 4.79 Å². The zero-order valence-corrected chi connectivity index (χ0v) is 9.67. The zero-order chi connectivity index (χ0) is 11.1. The maximum atomic E-state index is 11.1. The normalized spacial score (nSPS) is 23.6. The van der Waals surface area contributed by atoms with Gasteiger partial charge in [0.2, 0.25) is 5.91 Å². The summed E-state index contributed by atoms with van der Waals surface area (Å²) in [5.74, 6) is 0.175. The lowest BCUT2D eigenvalue weighted by atomic mass is 9.97. The number of rotatable bonds is 6. The molecule has 2 atom stereocenters. The van der Waals surface area contributed by atoms with E-state index in [9.17, 15) is 9.90 Å². The molecule has 1 rings (SSSR count). The predicted molar refractivity (Wildman–Crippen MR) is 60.5 cm³/mol. The molecule has 0 bridgehead atoms. The third-order valence-corrected chi connectivity index (χ3v) is 3.06. The van der Waals surface area contributed by atoms with Crippen LogP contribution in [0.4, 0.5) is 0 Å². The van der Waals surface area contributed by atoms with Crippen molar-refractivity contribution in [1.82, 2.24) is 5.32 Å². The summed E-state index contributed by atoms with van der Waals surface area (Å²) in [5.41, 5.74) is 0. The Bertz CT molecular complexity index is 194. The molecule has 1 amide bonds. The summed E-state index contributed by atoms with van der Waals surface area (Å²) in [6.45, 7) is 2.13. The number of hydrogen-bond donors (Lipinski definition) is 2. The number of carbonyl (C=O) groups excluding carboxylic acids is 1. The van der Waals surface area contributed by atoms with Gasteiger partial charge in [0, 0.05) is 12.5 Å². The number of hydrogen-bond acceptors (Lipinski definition) is 2. The fraction of sp³-hybridized carbons (Fsp3) is 0.917. The van der Waals surface area contributed by atoms with Crippen LogP contribution in [0.3, 0.4) is 0 Å². The van der Waals surface area contributed by atoms with Crippen molar-refractivity contribution in [3.8, 4) is 0 Å². The maximum absolute atomic E-state index is 11.1. The van der Waals surface area contributed by atoms with Crippen molar-refractivity contribution < 1.29 is 9.90 Å². The second kappa shape index (κ2) is 6.83. The number of amides is 1. The van der Waals surface area contributed by atoms with Crippen molar-refractivity contribution in [3.05, 3.63) is 0 Å². The standard InChI is InChI=1S/C12H23NO2/c1-2-3-6-11(14)9-8-10-5-4-7-12(15)13-10/h10-11,14H,2-9H2,1H3,(H,13,15)/t10-,11-/m1/s1. The zero-order valence-electron chi connectivity index (χ0n) is 9.67. The Labute approximate surface area is 92.3 Å². The van der Waals surface area contributed by atoms with E-state index < -0.39 is 0 Å². The van der Waals surface area contributed by atoms with E-state index in [1.165, 1.54) is 0 Å². The van der Waals surface area contributed by atoms with Gasteiger partial charge in [-0.15, -0.1) is 0 Å². The van der Waals surface area contributed by atoms with Gasteiger partial charge >= 0.3 is 0 Å². The van der Waals surface area contributed by atoms with Crippen LogP contribution in [-0.4, -0.2) is 23.2 Å². The average Bonchev–Trinajstić information content (AvgIpc) is 2.23. The summed E-state index contributed by atoms with van der Waals surface area (Å²) in [6.07, 6.45) is 7.46. The van der Waals surface area contributed by atoms with Gasteiger partial charge in [-0.3, -0.25) is 4.79 Å². The largest absolute Gasteiger partial charge is 0.393 e. The maximum Gasteiger partial charge on any atom is 0.220 e. The highest BCUT2D eigenvalue weighted by molar-refractivity contribution is 5.76. The Kier molecular flexibility index (Phi) is 5.69. The summed E-state index contributed by atoms with van der Waals surface area (Å²) in [5, 5.41) is 12.6. The van der Waals surface area contributed by atoms with E-state index in [4.69, 9.17) is 0 Å². The van der Waals surface area contributed by atoms with Crippen LogP contribution in [0.25, 0.3) is 0 Å². The topological polar surface area (TPSA) is 49.3 Å². The van der Waals surface area contributed by atoms with Gasteiger partial charge in [0.15, 0.2) is 0 Å². The number of piperidine rings is 1. The van der Waals surface area contributed by atoms with E-state index in [2.05, 4.69) is 12.2 Å². The van der Waals surface area contributed by atoms with Gasteiger partial charge in [-0.25, -0.2) is 0 Å². The summed E-state index contributed by atoms with van der Waals surface area (Å²) < 4.78 is 0. The molecule has 0 radical (unpaired) electrons. The summed E-state index contributed by atoms with van der Waals surface area (Å²) in [7, 11) is 0. The third kappa shape index (κ3) is 5.17. The Balaban J connectivity index is 2.10. The van der Waals surface area contributed by atoms with E-state index in [0.717, 1.165) is 44.9 Å². The molecule has 0 aliphatic carbocycles. The van der Waals surface area contributed by atoms with Crippen LogP contribution in [0.15, 0.2) is 0 Å². The third-order valence-electron chi connectivity index (χ3n) is 3.06. The highest BCUT2D eigenvalue weighted by Gasteiger charge is 2.18. The van der Waals surface area contributed by atoms with Crippen molar-refractivity contribution >= 4 is 5.91 Å². The van der Waals surface area contributed by atoms with Crippen LogP contribution < -0.4 is 5.32 Å². The highest BCUT2D eigenvalue weighted by atomic mass is 16.3. The quantitative estimate of drug-likeness (QED) is 0.709. The summed E-state index contributed by atoms with van der Waals surface area (Å²) in [4.78, 5) is 11.1. The van der Waals surface area contributed by atoms with Crippen LogP contribution >= 0.6 is 0 Å². The monoisotopic (exact) mass is 213 g/mol. The minimum atomic E-state index is -0.177. The average molecular weight is 213 g/mol. The van der Waals surface area contributed by atoms with Gasteiger partial charge in [-0.2, -0.15) is 0 Å². The van der Waals surface area contributed by atoms with Crippen molar-refractivity contribution in [2.75, 3.05) is 0 Å². The van der Waals surface area contributed by atoms with E-state index in [0.29, 0.717) is 12.5 Å². The molecule has 3 heteroatoms. The molecule has 15 heavy (non-hydrogen) atoms. The molecule has 0 aromatic rings. The fourth-order valence-corrected chi connectivity index (χ4v) is 2.08. The Morgan fingerprint density at radius 2 is 2.33 bits per heavy atom. The van der Waals surface area contributed by atoms with Gasteiger partial charge < -0.3 is 10.4 Å². The van der Waals surface area contributed by atoms with Gasteiger partial charge in [-0.05, 0) is 32.1 Å². The summed E-state index contributed by atoms with van der Waals surface area (Å²) >= 11 is 0. The molecule has 0 saturated carbocycles. The molecular formula is C12H23NO2. The number of nitrogens with one attached hydrogen (secondary N) is 1. The van der Waals surface area contributed by atoms with Crippen LogP contribution in [0.2, 0.25) is 0 Å². The van der Waals surface area contributed by atoms with Crippen LogP contribution in [0, 0.1) is 0 Å². The first-order valence-electron chi connectivity index (χ1n) is 6.19. The van der Waals surface area contributed by atoms with Crippen molar-refractivity contribution in [3.63, 3.8) is 0 Å². The lowest BCUT2D eigenvalue weighted by molar-refractivity contribution is -0.123. The van der Waals surface area contributed by atoms with Gasteiger partial charge in [-0.1, -0.05) is 19.8 Å². The lowest BCUT2D eigenvalue weighted by Gasteiger charge is -2.24.